The predicted molar refractivity (Wildman–Crippen MR) is 101 cm³/mol. The minimum absolute atomic E-state index is 0.126. The average molecular weight is 370 g/mol. The largest absolute Gasteiger partial charge is 0.493 e. The van der Waals surface area contributed by atoms with Crippen LogP contribution in [0.5, 0.6) is 17.2 Å². The van der Waals surface area contributed by atoms with Crippen LogP contribution < -0.4 is 19.5 Å². The number of hydrogen-bond donors (Lipinski definition) is 1. The van der Waals surface area contributed by atoms with E-state index in [1.54, 1.807) is 56.5 Å². The van der Waals surface area contributed by atoms with Crippen molar-refractivity contribution in [3.8, 4) is 17.2 Å². The van der Waals surface area contributed by atoms with Crippen molar-refractivity contribution in [2.24, 2.45) is 0 Å². The predicted octanol–water partition coefficient (Wildman–Crippen LogP) is 2.35. The lowest BCUT2D eigenvalue weighted by Crippen LogP contribution is -2.27. The number of fused-ring (bicyclic) bond motifs is 1. The van der Waals surface area contributed by atoms with E-state index in [0.29, 0.717) is 41.7 Å². The number of ether oxygens (including phenoxy) is 3. The maximum atomic E-state index is 12.4. The minimum atomic E-state index is -0.197. The number of anilines is 1. The SMILES string of the molecule is COc1ccc(CC(=O)Nc2ccc3c(c2)C(=O)N(C)CCO3)cc1OC. The molecule has 27 heavy (non-hydrogen) atoms. The number of amides is 2. The van der Waals surface area contributed by atoms with Crippen LogP contribution in [-0.4, -0.2) is 51.1 Å². The Bertz CT molecular complexity index is 865. The number of likely N-dealkylation sites (N-methyl/N-ethyl adjacent to an activating group) is 1. The fraction of sp³-hybridized carbons (Fsp3) is 0.300. The summed E-state index contributed by atoms with van der Waals surface area (Å²) in [6.07, 6.45) is 0.168. The van der Waals surface area contributed by atoms with Crippen LogP contribution in [0.25, 0.3) is 0 Å². The molecule has 1 N–H and O–H groups in total. The van der Waals surface area contributed by atoms with Gasteiger partial charge < -0.3 is 24.4 Å². The van der Waals surface area contributed by atoms with Crippen LogP contribution >= 0.6 is 0 Å². The van der Waals surface area contributed by atoms with Crippen LogP contribution in [-0.2, 0) is 11.2 Å². The Kier molecular flexibility index (Phi) is 5.49. The molecule has 0 bridgehead atoms. The number of carbonyl (C=O) groups is 2. The Labute approximate surface area is 157 Å². The summed E-state index contributed by atoms with van der Waals surface area (Å²) in [7, 11) is 4.83. The van der Waals surface area contributed by atoms with Crippen molar-refractivity contribution in [3.63, 3.8) is 0 Å². The Balaban J connectivity index is 1.73. The van der Waals surface area contributed by atoms with E-state index in [9.17, 15) is 9.59 Å². The third-order valence-electron chi connectivity index (χ3n) is 4.34. The van der Waals surface area contributed by atoms with E-state index in [2.05, 4.69) is 5.32 Å². The molecule has 0 aliphatic carbocycles. The molecule has 1 aliphatic heterocycles. The van der Waals surface area contributed by atoms with Gasteiger partial charge in [0.15, 0.2) is 11.5 Å². The van der Waals surface area contributed by atoms with Crippen LogP contribution in [0.4, 0.5) is 5.69 Å². The van der Waals surface area contributed by atoms with Crippen LogP contribution in [0.3, 0.4) is 0 Å². The molecule has 0 radical (unpaired) electrons. The monoisotopic (exact) mass is 370 g/mol. The van der Waals surface area contributed by atoms with Gasteiger partial charge in [-0.1, -0.05) is 6.07 Å². The number of rotatable bonds is 5. The topological polar surface area (TPSA) is 77.1 Å². The van der Waals surface area contributed by atoms with Gasteiger partial charge in [0, 0.05) is 12.7 Å². The Morgan fingerprint density at radius 2 is 1.93 bits per heavy atom. The lowest BCUT2D eigenvalue weighted by molar-refractivity contribution is -0.115. The van der Waals surface area contributed by atoms with E-state index in [4.69, 9.17) is 14.2 Å². The van der Waals surface area contributed by atoms with Gasteiger partial charge in [-0.05, 0) is 35.9 Å². The van der Waals surface area contributed by atoms with Gasteiger partial charge >= 0.3 is 0 Å². The molecule has 1 aliphatic rings. The highest BCUT2D eigenvalue weighted by atomic mass is 16.5. The van der Waals surface area contributed by atoms with Crippen LogP contribution in [0.2, 0.25) is 0 Å². The number of carbonyl (C=O) groups excluding carboxylic acids is 2. The van der Waals surface area contributed by atoms with E-state index in [1.165, 1.54) is 0 Å². The quantitative estimate of drug-likeness (QED) is 0.874. The number of benzene rings is 2. The standard InChI is InChI=1S/C20H22N2O5/c1-22-8-9-27-16-7-5-14(12-15(16)20(22)24)21-19(23)11-13-4-6-17(25-2)18(10-13)26-3/h4-7,10,12H,8-9,11H2,1-3H3,(H,21,23). The molecule has 2 aromatic rings. The first-order valence-corrected chi connectivity index (χ1v) is 8.55. The molecular weight excluding hydrogens is 348 g/mol. The lowest BCUT2D eigenvalue weighted by atomic mass is 10.1. The summed E-state index contributed by atoms with van der Waals surface area (Å²) in [6.45, 7) is 0.967. The third-order valence-corrected chi connectivity index (χ3v) is 4.34. The Hall–Kier alpha value is -3.22. The molecule has 0 fully saturated rings. The number of hydrogen-bond acceptors (Lipinski definition) is 5. The van der Waals surface area contributed by atoms with Crippen molar-refractivity contribution in [3.05, 3.63) is 47.5 Å². The van der Waals surface area contributed by atoms with Gasteiger partial charge in [0.1, 0.15) is 12.4 Å². The van der Waals surface area contributed by atoms with Gasteiger partial charge in [-0.25, -0.2) is 0 Å². The first-order valence-electron chi connectivity index (χ1n) is 8.55. The molecule has 0 saturated carbocycles. The summed E-state index contributed by atoms with van der Waals surface area (Å²) in [4.78, 5) is 26.4. The molecule has 0 spiro atoms. The van der Waals surface area contributed by atoms with Crippen molar-refractivity contribution in [2.45, 2.75) is 6.42 Å². The zero-order valence-corrected chi connectivity index (χ0v) is 15.6. The smallest absolute Gasteiger partial charge is 0.257 e. The molecule has 2 aromatic carbocycles. The molecule has 0 saturated heterocycles. The van der Waals surface area contributed by atoms with Gasteiger partial charge in [0.25, 0.3) is 5.91 Å². The van der Waals surface area contributed by atoms with E-state index in [0.717, 1.165) is 5.56 Å². The number of nitrogens with zero attached hydrogens (tertiary/aromatic N) is 1. The van der Waals surface area contributed by atoms with Crippen molar-refractivity contribution in [1.29, 1.82) is 0 Å². The molecule has 1 heterocycles. The number of methoxy groups -OCH3 is 2. The maximum Gasteiger partial charge on any atom is 0.257 e. The van der Waals surface area contributed by atoms with Crippen molar-refractivity contribution >= 4 is 17.5 Å². The fourth-order valence-corrected chi connectivity index (χ4v) is 2.88. The third kappa shape index (κ3) is 4.13. The molecule has 2 amide bonds. The molecule has 7 nitrogen and oxygen atoms in total. The molecular formula is C20H22N2O5. The van der Waals surface area contributed by atoms with Crippen LogP contribution in [0, 0.1) is 0 Å². The summed E-state index contributed by atoms with van der Waals surface area (Å²) >= 11 is 0. The van der Waals surface area contributed by atoms with Gasteiger partial charge in [-0.2, -0.15) is 0 Å². The first kappa shape index (κ1) is 18.6. The normalized spacial score (nSPS) is 13.3. The molecule has 7 heteroatoms. The maximum absolute atomic E-state index is 12.4. The minimum Gasteiger partial charge on any atom is -0.493 e. The number of nitrogens with one attached hydrogen (secondary N) is 1. The highest BCUT2D eigenvalue weighted by Gasteiger charge is 2.21. The van der Waals surface area contributed by atoms with E-state index in [-0.39, 0.29) is 18.2 Å². The summed E-state index contributed by atoms with van der Waals surface area (Å²) in [5.41, 5.74) is 1.78. The van der Waals surface area contributed by atoms with Gasteiger partial charge in [-0.3, -0.25) is 9.59 Å². The second-order valence-electron chi connectivity index (χ2n) is 6.20. The fourth-order valence-electron chi connectivity index (χ4n) is 2.88. The van der Waals surface area contributed by atoms with Crippen molar-refractivity contribution in [1.82, 2.24) is 4.90 Å². The van der Waals surface area contributed by atoms with Crippen LogP contribution in [0.1, 0.15) is 15.9 Å². The van der Waals surface area contributed by atoms with E-state index < -0.39 is 0 Å². The summed E-state index contributed by atoms with van der Waals surface area (Å²) in [5.74, 6) is 1.38. The van der Waals surface area contributed by atoms with Gasteiger partial charge in [-0.15, -0.1) is 0 Å². The lowest BCUT2D eigenvalue weighted by Gasteiger charge is -2.13. The van der Waals surface area contributed by atoms with E-state index >= 15 is 0 Å². The highest BCUT2D eigenvalue weighted by molar-refractivity contribution is 6.00. The average Bonchev–Trinajstić information content (AvgIpc) is 2.80. The highest BCUT2D eigenvalue weighted by Crippen LogP contribution is 2.28. The molecule has 0 aromatic heterocycles. The Morgan fingerprint density at radius 1 is 1.15 bits per heavy atom. The summed E-state index contributed by atoms with van der Waals surface area (Å²) in [5, 5.41) is 2.83. The second kappa shape index (κ2) is 7.99. The Morgan fingerprint density at radius 3 is 2.67 bits per heavy atom. The zero-order chi connectivity index (χ0) is 19.4. The van der Waals surface area contributed by atoms with E-state index in [1.807, 2.05) is 6.07 Å². The molecule has 142 valence electrons. The van der Waals surface area contributed by atoms with Gasteiger partial charge in [0.05, 0.1) is 32.7 Å². The first-order chi connectivity index (χ1) is 13.0. The zero-order valence-electron chi connectivity index (χ0n) is 15.6. The second-order valence-corrected chi connectivity index (χ2v) is 6.20. The van der Waals surface area contributed by atoms with Gasteiger partial charge in [0.2, 0.25) is 5.91 Å². The molecule has 0 unspecified atom stereocenters. The van der Waals surface area contributed by atoms with Crippen molar-refractivity contribution in [2.75, 3.05) is 39.7 Å². The molecule has 0 atom stereocenters. The van der Waals surface area contributed by atoms with Crippen LogP contribution in [0.15, 0.2) is 36.4 Å². The summed E-state index contributed by atoms with van der Waals surface area (Å²) < 4.78 is 16.1. The summed E-state index contributed by atoms with van der Waals surface area (Å²) in [6, 6.07) is 10.4. The van der Waals surface area contributed by atoms with Crippen molar-refractivity contribution < 1.29 is 23.8 Å². The molecule has 3 rings (SSSR count).